The van der Waals surface area contributed by atoms with Gasteiger partial charge in [-0.1, -0.05) is 59.7 Å². The second kappa shape index (κ2) is 17.9. The Morgan fingerprint density at radius 2 is 1.09 bits per heavy atom. The van der Waals surface area contributed by atoms with Crippen molar-refractivity contribution in [2.75, 3.05) is 59.0 Å². The molecule has 9 rings (SSSR count). The fraction of sp³-hybridized carbons (Fsp3) is 0.383. The minimum Gasteiger partial charge on any atom is -0.450 e. The van der Waals surface area contributed by atoms with Crippen molar-refractivity contribution in [1.29, 1.82) is 0 Å². The fourth-order valence-corrected chi connectivity index (χ4v) is 8.94. The standard InChI is InChI=1S/C25H26N4O2.C22H27N3O2/c1-18-6-9-22-20(16-18)8-7-19-4-2-11-27-23(19)24(22)28-12-14-29(15-13-28)25(30)31-21-5-3-10-26-17-21;1-3-27-22(26)25-13-11-24(12-14-25)21-19-9-6-16(2)15-18(19)8-7-17-5-4-10-23-20(17)21/h2-6,9-11,16-17,24H,7-8,12-15H2,1H3;4-6,9-10,15,21H,3,7-8,11-14H2,1-2H3/t24-;/m0./s1. The van der Waals surface area contributed by atoms with Gasteiger partial charge in [-0.05, 0) is 104 Å². The van der Waals surface area contributed by atoms with Crippen molar-refractivity contribution >= 4 is 12.2 Å². The molecule has 0 bridgehead atoms. The molecule has 1 unspecified atom stereocenters. The Bertz CT molecular complexity index is 2220. The highest BCUT2D eigenvalue weighted by Crippen LogP contribution is 2.38. The first kappa shape index (κ1) is 39.2. The number of hydrogen-bond donors (Lipinski definition) is 0. The van der Waals surface area contributed by atoms with E-state index in [1.54, 1.807) is 29.4 Å². The topological polar surface area (TPSA) is 104 Å². The zero-order valence-electron chi connectivity index (χ0n) is 33.8. The molecule has 11 nitrogen and oxygen atoms in total. The van der Waals surface area contributed by atoms with E-state index in [4.69, 9.17) is 19.4 Å². The van der Waals surface area contributed by atoms with E-state index < -0.39 is 0 Å². The number of nitrogens with zero attached hydrogens (tertiary/aromatic N) is 7. The Morgan fingerprint density at radius 3 is 1.57 bits per heavy atom. The van der Waals surface area contributed by atoms with Crippen LogP contribution in [0.2, 0.25) is 0 Å². The van der Waals surface area contributed by atoms with Gasteiger partial charge in [0.2, 0.25) is 0 Å². The normalized spacial score (nSPS) is 19.2. The van der Waals surface area contributed by atoms with E-state index in [0.29, 0.717) is 38.5 Å². The molecular formula is C47H53N7O4. The number of benzene rings is 2. The molecule has 0 N–H and O–H groups in total. The zero-order valence-corrected chi connectivity index (χ0v) is 33.8. The average molecular weight is 780 g/mol. The molecule has 0 saturated carbocycles. The van der Waals surface area contributed by atoms with Crippen LogP contribution in [0.4, 0.5) is 9.59 Å². The highest BCUT2D eigenvalue weighted by Gasteiger charge is 2.35. The Balaban J connectivity index is 0.000000164. The molecule has 2 amide bonds. The van der Waals surface area contributed by atoms with Crippen LogP contribution in [0.3, 0.4) is 0 Å². The summed E-state index contributed by atoms with van der Waals surface area (Å²) >= 11 is 0. The summed E-state index contributed by atoms with van der Waals surface area (Å²) in [6.07, 6.45) is 10.6. The van der Waals surface area contributed by atoms with Gasteiger partial charge in [0.15, 0.2) is 5.75 Å². The number of fused-ring (bicyclic) bond motifs is 4. The lowest BCUT2D eigenvalue weighted by molar-refractivity contribution is 0.0709. The number of carbonyl (C=O) groups excluding carboxylic acids is 2. The Labute approximate surface area is 341 Å². The van der Waals surface area contributed by atoms with E-state index in [1.165, 1.54) is 50.2 Å². The number of rotatable bonds is 4. The second-order valence-corrected chi connectivity index (χ2v) is 15.6. The van der Waals surface area contributed by atoms with Crippen molar-refractivity contribution < 1.29 is 19.1 Å². The van der Waals surface area contributed by atoms with Gasteiger partial charge in [-0.25, -0.2) is 9.59 Å². The summed E-state index contributed by atoms with van der Waals surface area (Å²) in [6, 6.07) is 25.8. The molecule has 2 atom stereocenters. The van der Waals surface area contributed by atoms with Gasteiger partial charge in [0, 0.05) is 70.9 Å². The number of aromatic nitrogens is 3. The number of hydrogen-bond acceptors (Lipinski definition) is 9. The van der Waals surface area contributed by atoms with Crippen LogP contribution in [0.25, 0.3) is 0 Å². The van der Waals surface area contributed by atoms with Gasteiger partial charge >= 0.3 is 12.2 Å². The van der Waals surface area contributed by atoms with Gasteiger partial charge in [0.25, 0.3) is 0 Å². The summed E-state index contributed by atoms with van der Waals surface area (Å²) in [4.78, 5) is 46.8. The Kier molecular flexibility index (Phi) is 12.1. The SMILES string of the molecule is CCOC(=O)N1CCN(C2c3ccc(C)cc3CCc3cccnc32)CC1.Cc1ccc2c(c1)CCc1cccnc1[C@H]2N1CCN(C(=O)Oc2cccnc2)CC1. The summed E-state index contributed by atoms with van der Waals surface area (Å²) < 4.78 is 10.6. The van der Waals surface area contributed by atoms with Crippen molar-refractivity contribution in [1.82, 2.24) is 34.6 Å². The van der Waals surface area contributed by atoms with Crippen LogP contribution in [-0.2, 0) is 30.4 Å². The van der Waals surface area contributed by atoms with E-state index >= 15 is 0 Å². The number of carbonyl (C=O) groups is 2. The van der Waals surface area contributed by atoms with Gasteiger partial charge in [-0.2, -0.15) is 0 Å². The molecular weight excluding hydrogens is 727 g/mol. The van der Waals surface area contributed by atoms with Crippen molar-refractivity contribution in [2.24, 2.45) is 0 Å². The largest absolute Gasteiger partial charge is 0.450 e. The van der Waals surface area contributed by atoms with Crippen LogP contribution >= 0.6 is 0 Å². The van der Waals surface area contributed by atoms with Crippen molar-refractivity contribution in [2.45, 2.75) is 58.5 Å². The lowest BCUT2D eigenvalue weighted by atomic mass is 9.94. The molecule has 300 valence electrons. The maximum absolute atomic E-state index is 12.6. The molecule has 0 radical (unpaired) electrons. The van der Waals surface area contributed by atoms with Crippen LogP contribution in [0.1, 0.15) is 74.9 Å². The molecule has 3 aromatic heterocycles. The predicted octanol–water partition coefficient (Wildman–Crippen LogP) is 7.14. The Hall–Kier alpha value is -5.65. The summed E-state index contributed by atoms with van der Waals surface area (Å²) in [6.45, 7) is 12.4. The average Bonchev–Trinajstić information content (AvgIpc) is 3.52. The third-order valence-corrected chi connectivity index (χ3v) is 11.9. The highest BCUT2D eigenvalue weighted by molar-refractivity contribution is 5.70. The molecule has 2 fully saturated rings. The van der Waals surface area contributed by atoms with E-state index in [2.05, 4.69) is 77.2 Å². The van der Waals surface area contributed by atoms with Gasteiger partial charge in [0.05, 0.1) is 36.3 Å². The van der Waals surface area contributed by atoms with Crippen molar-refractivity contribution in [3.63, 3.8) is 0 Å². The number of ether oxygens (including phenoxy) is 2. The molecule has 58 heavy (non-hydrogen) atoms. The summed E-state index contributed by atoms with van der Waals surface area (Å²) in [5.74, 6) is 0.473. The van der Waals surface area contributed by atoms with Gasteiger partial charge in [-0.3, -0.25) is 24.8 Å². The van der Waals surface area contributed by atoms with E-state index in [9.17, 15) is 9.59 Å². The molecule has 5 heterocycles. The number of piperazine rings is 2. The first-order valence-corrected chi connectivity index (χ1v) is 20.7. The van der Waals surface area contributed by atoms with Crippen LogP contribution < -0.4 is 4.74 Å². The summed E-state index contributed by atoms with van der Waals surface area (Å²) in [5.41, 5.74) is 13.1. The summed E-state index contributed by atoms with van der Waals surface area (Å²) in [7, 11) is 0. The minimum atomic E-state index is -0.317. The van der Waals surface area contributed by atoms with E-state index in [1.807, 2.05) is 36.4 Å². The molecule has 2 aliphatic carbocycles. The minimum absolute atomic E-state index is 0.116. The molecule has 2 aliphatic heterocycles. The van der Waals surface area contributed by atoms with Crippen molar-refractivity contribution in [3.05, 3.63) is 153 Å². The van der Waals surface area contributed by atoms with Gasteiger partial charge in [0.1, 0.15) is 0 Å². The fourth-order valence-electron chi connectivity index (χ4n) is 8.94. The van der Waals surface area contributed by atoms with Crippen LogP contribution in [0, 0.1) is 13.8 Å². The van der Waals surface area contributed by atoms with Crippen LogP contribution in [0.5, 0.6) is 5.75 Å². The zero-order chi connectivity index (χ0) is 40.0. The van der Waals surface area contributed by atoms with Gasteiger partial charge < -0.3 is 19.3 Å². The molecule has 5 aromatic rings. The number of aryl methyl sites for hydroxylation is 6. The number of pyridine rings is 3. The highest BCUT2D eigenvalue weighted by atomic mass is 16.6. The third kappa shape index (κ3) is 8.61. The lowest BCUT2D eigenvalue weighted by Gasteiger charge is -2.39. The second-order valence-electron chi connectivity index (χ2n) is 15.6. The van der Waals surface area contributed by atoms with Crippen LogP contribution in [0.15, 0.2) is 97.6 Å². The molecule has 11 heteroatoms. The van der Waals surface area contributed by atoms with Crippen molar-refractivity contribution in [3.8, 4) is 5.75 Å². The molecule has 4 aliphatic rings. The number of amides is 2. The Morgan fingerprint density at radius 1 is 0.603 bits per heavy atom. The third-order valence-electron chi connectivity index (χ3n) is 11.9. The first-order chi connectivity index (χ1) is 28.4. The molecule has 0 spiro atoms. The van der Waals surface area contributed by atoms with Crippen LogP contribution in [-0.4, -0.2) is 106 Å². The molecule has 2 saturated heterocycles. The quantitative estimate of drug-likeness (QED) is 0.188. The van der Waals surface area contributed by atoms with E-state index in [-0.39, 0.29) is 24.3 Å². The monoisotopic (exact) mass is 779 g/mol. The molecule has 2 aromatic carbocycles. The predicted molar refractivity (Wildman–Crippen MR) is 223 cm³/mol. The van der Waals surface area contributed by atoms with E-state index in [0.717, 1.165) is 57.6 Å². The van der Waals surface area contributed by atoms with Gasteiger partial charge in [-0.15, -0.1) is 0 Å². The summed E-state index contributed by atoms with van der Waals surface area (Å²) in [5, 5.41) is 0. The first-order valence-electron chi connectivity index (χ1n) is 20.7. The smallest absolute Gasteiger partial charge is 0.415 e. The maximum Gasteiger partial charge on any atom is 0.415 e. The lowest BCUT2D eigenvalue weighted by Crippen LogP contribution is -2.50. The maximum atomic E-state index is 12.6.